The molecule has 5 nitrogen and oxygen atoms in total. The molecule has 2 aromatic rings. The number of para-hydroxylation sites is 2. The van der Waals surface area contributed by atoms with Crippen LogP contribution in [0, 0.1) is 5.92 Å². The second kappa shape index (κ2) is 7.79. The van der Waals surface area contributed by atoms with Crippen LogP contribution in [0.25, 0.3) is 0 Å². The summed E-state index contributed by atoms with van der Waals surface area (Å²) < 4.78 is 5.35. The monoisotopic (exact) mass is 372 g/mol. The number of methoxy groups -OCH3 is 1. The van der Waals surface area contributed by atoms with Crippen molar-refractivity contribution in [2.75, 3.05) is 18.6 Å². The Morgan fingerprint density at radius 2 is 1.92 bits per heavy atom. The molecule has 26 heavy (non-hydrogen) atoms. The molecule has 136 valence electrons. The predicted octanol–water partition coefficient (Wildman–Crippen LogP) is 3.58. The van der Waals surface area contributed by atoms with Gasteiger partial charge in [0.25, 0.3) is 0 Å². The summed E-state index contributed by atoms with van der Waals surface area (Å²) in [7, 11) is 1.60. The Balaban J connectivity index is 1.69. The van der Waals surface area contributed by atoms with Gasteiger partial charge in [0, 0.05) is 18.5 Å². The van der Waals surface area contributed by atoms with E-state index in [4.69, 9.17) is 16.3 Å². The Bertz CT molecular complexity index is 824. The average Bonchev–Trinajstić information content (AvgIpc) is 3.03. The van der Waals surface area contributed by atoms with Crippen molar-refractivity contribution in [2.24, 2.45) is 5.92 Å². The van der Waals surface area contributed by atoms with Crippen molar-refractivity contribution in [1.29, 1.82) is 0 Å². The molecule has 1 aliphatic rings. The van der Waals surface area contributed by atoms with E-state index in [0.717, 1.165) is 11.3 Å². The molecule has 0 spiro atoms. The summed E-state index contributed by atoms with van der Waals surface area (Å²) in [5.74, 6) is 0.0749. The summed E-state index contributed by atoms with van der Waals surface area (Å²) in [4.78, 5) is 26.6. The minimum Gasteiger partial charge on any atom is -0.496 e. The second-order valence-electron chi connectivity index (χ2n) is 6.33. The minimum atomic E-state index is -0.407. The van der Waals surface area contributed by atoms with E-state index in [0.29, 0.717) is 17.3 Å². The summed E-state index contributed by atoms with van der Waals surface area (Å²) in [6.45, 7) is 2.23. The first-order valence-corrected chi connectivity index (χ1v) is 8.87. The lowest BCUT2D eigenvalue weighted by atomic mass is 10.0. The molecule has 1 saturated heterocycles. The molecule has 1 N–H and O–H groups in total. The van der Waals surface area contributed by atoms with Crippen molar-refractivity contribution in [3.05, 3.63) is 59.1 Å². The van der Waals surface area contributed by atoms with Crippen LogP contribution in [0.2, 0.25) is 5.02 Å². The molecule has 2 amide bonds. The van der Waals surface area contributed by atoms with Crippen molar-refractivity contribution in [2.45, 2.75) is 19.4 Å². The maximum Gasteiger partial charge on any atom is 0.227 e. The molecule has 0 aliphatic carbocycles. The van der Waals surface area contributed by atoms with Crippen LogP contribution >= 0.6 is 11.6 Å². The molecule has 0 aromatic heterocycles. The number of amides is 2. The minimum absolute atomic E-state index is 0.0943. The quantitative estimate of drug-likeness (QED) is 0.872. The molecular weight excluding hydrogens is 352 g/mol. The maximum absolute atomic E-state index is 12.7. The number of carbonyl (C=O) groups is 2. The Labute approximate surface area is 157 Å². The van der Waals surface area contributed by atoms with Gasteiger partial charge < -0.3 is 15.0 Å². The highest BCUT2D eigenvalue weighted by Gasteiger charge is 2.36. The first kappa shape index (κ1) is 18.3. The van der Waals surface area contributed by atoms with Gasteiger partial charge in [0.05, 0.1) is 29.8 Å². The number of hydrogen-bond acceptors (Lipinski definition) is 3. The fourth-order valence-corrected chi connectivity index (χ4v) is 3.46. The van der Waals surface area contributed by atoms with Gasteiger partial charge in [0.1, 0.15) is 5.75 Å². The number of carbonyl (C=O) groups excluding carboxylic acids is 2. The van der Waals surface area contributed by atoms with Gasteiger partial charge in [0.2, 0.25) is 11.8 Å². The molecule has 3 rings (SSSR count). The van der Waals surface area contributed by atoms with E-state index in [1.165, 1.54) is 0 Å². The topological polar surface area (TPSA) is 58.6 Å². The number of nitrogens with one attached hydrogen (secondary N) is 1. The third-order valence-corrected chi connectivity index (χ3v) is 4.92. The molecule has 0 bridgehead atoms. The van der Waals surface area contributed by atoms with Gasteiger partial charge in [0.15, 0.2) is 0 Å². The Morgan fingerprint density at radius 1 is 1.23 bits per heavy atom. The summed E-state index contributed by atoms with van der Waals surface area (Å²) in [5, 5.41) is 3.49. The number of halogens is 1. The van der Waals surface area contributed by atoms with Crippen LogP contribution in [0.5, 0.6) is 5.75 Å². The molecule has 2 unspecified atom stereocenters. The van der Waals surface area contributed by atoms with E-state index >= 15 is 0 Å². The molecule has 0 radical (unpaired) electrons. The van der Waals surface area contributed by atoms with Gasteiger partial charge in [-0.15, -0.1) is 0 Å². The van der Waals surface area contributed by atoms with Crippen molar-refractivity contribution in [3.8, 4) is 5.75 Å². The standard InChI is InChI=1S/C20H21ClN2O3/c1-13(15-7-3-6-10-18(15)26-2)22-20(25)14-11-19(24)23(12-14)17-9-5-4-8-16(17)21/h3-10,13-14H,11-12H2,1-2H3,(H,22,25). The van der Waals surface area contributed by atoms with E-state index in [-0.39, 0.29) is 24.3 Å². The van der Waals surface area contributed by atoms with Gasteiger partial charge in [-0.05, 0) is 25.1 Å². The maximum atomic E-state index is 12.7. The zero-order valence-corrected chi connectivity index (χ0v) is 15.5. The summed E-state index contributed by atoms with van der Waals surface area (Å²) in [5.41, 5.74) is 1.54. The first-order valence-electron chi connectivity index (χ1n) is 8.49. The summed E-state index contributed by atoms with van der Waals surface area (Å²) in [6, 6.07) is 14.5. The van der Waals surface area contributed by atoms with Crippen LogP contribution in [0.4, 0.5) is 5.69 Å². The van der Waals surface area contributed by atoms with Crippen LogP contribution in [0.1, 0.15) is 24.9 Å². The number of rotatable bonds is 5. The number of benzene rings is 2. The van der Waals surface area contributed by atoms with E-state index in [2.05, 4.69) is 5.32 Å². The van der Waals surface area contributed by atoms with Gasteiger partial charge in [-0.2, -0.15) is 0 Å². The van der Waals surface area contributed by atoms with Crippen molar-refractivity contribution in [3.63, 3.8) is 0 Å². The lowest BCUT2D eigenvalue weighted by molar-refractivity contribution is -0.126. The molecule has 1 aliphatic heterocycles. The van der Waals surface area contributed by atoms with Crippen molar-refractivity contribution in [1.82, 2.24) is 5.32 Å². The third-order valence-electron chi connectivity index (χ3n) is 4.60. The molecule has 6 heteroatoms. The predicted molar refractivity (Wildman–Crippen MR) is 101 cm³/mol. The lowest BCUT2D eigenvalue weighted by Gasteiger charge is -2.20. The zero-order valence-electron chi connectivity index (χ0n) is 14.7. The highest BCUT2D eigenvalue weighted by atomic mass is 35.5. The smallest absolute Gasteiger partial charge is 0.227 e. The highest BCUT2D eigenvalue weighted by Crippen LogP contribution is 2.31. The van der Waals surface area contributed by atoms with Gasteiger partial charge >= 0.3 is 0 Å². The Hall–Kier alpha value is -2.53. The van der Waals surface area contributed by atoms with Gasteiger partial charge in [-0.1, -0.05) is 41.9 Å². The van der Waals surface area contributed by atoms with E-state index < -0.39 is 5.92 Å². The lowest BCUT2D eigenvalue weighted by Crippen LogP contribution is -2.34. The number of nitrogens with zero attached hydrogens (tertiary/aromatic N) is 1. The van der Waals surface area contributed by atoms with Crippen LogP contribution in [0.15, 0.2) is 48.5 Å². The fourth-order valence-electron chi connectivity index (χ4n) is 3.22. The van der Waals surface area contributed by atoms with E-state index in [1.807, 2.05) is 43.3 Å². The van der Waals surface area contributed by atoms with Gasteiger partial charge in [-0.3, -0.25) is 9.59 Å². The van der Waals surface area contributed by atoms with Crippen LogP contribution in [0.3, 0.4) is 0 Å². The van der Waals surface area contributed by atoms with Crippen LogP contribution in [-0.4, -0.2) is 25.5 Å². The molecular formula is C20H21ClN2O3. The Morgan fingerprint density at radius 3 is 2.65 bits per heavy atom. The number of anilines is 1. The van der Waals surface area contributed by atoms with Crippen molar-refractivity contribution >= 4 is 29.1 Å². The number of hydrogen-bond donors (Lipinski definition) is 1. The molecule has 1 heterocycles. The average molecular weight is 373 g/mol. The molecule has 1 fully saturated rings. The first-order chi connectivity index (χ1) is 12.5. The zero-order chi connectivity index (χ0) is 18.7. The molecule has 0 saturated carbocycles. The molecule has 2 atom stereocenters. The normalized spacial score (nSPS) is 17.9. The Kier molecular flexibility index (Phi) is 5.47. The second-order valence-corrected chi connectivity index (χ2v) is 6.74. The SMILES string of the molecule is COc1ccccc1C(C)NC(=O)C1CC(=O)N(c2ccccc2Cl)C1. The molecule has 2 aromatic carbocycles. The summed E-state index contributed by atoms with van der Waals surface area (Å²) >= 11 is 6.19. The number of ether oxygens (including phenoxy) is 1. The van der Waals surface area contributed by atoms with Crippen molar-refractivity contribution < 1.29 is 14.3 Å². The fraction of sp³-hybridized carbons (Fsp3) is 0.300. The highest BCUT2D eigenvalue weighted by molar-refractivity contribution is 6.33. The van der Waals surface area contributed by atoms with Gasteiger partial charge in [-0.25, -0.2) is 0 Å². The van der Waals surface area contributed by atoms with E-state index in [1.54, 1.807) is 24.1 Å². The van der Waals surface area contributed by atoms with E-state index in [9.17, 15) is 9.59 Å². The van der Waals surface area contributed by atoms with Crippen LogP contribution < -0.4 is 15.0 Å². The van der Waals surface area contributed by atoms with Crippen LogP contribution in [-0.2, 0) is 9.59 Å². The largest absolute Gasteiger partial charge is 0.496 e. The summed E-state index contributed by atoms with van der Waals surface area (Å²) in [6.07, 6.45) is 0.176. The third kappa shape index (κ3) is 3.68.